The van der Waals surface area contributed by atoms with Crippen LogP contribution in [0.25, 0.3) is 22.4 Å². The van der Waals surface area contributed by atoms with E-state index in [0.717, 1.165) is 25.7 Å². The minimum absolute atomic E-state index is 0.0403. The zero-order chi connectivity index (χ0) is 22.1. The molecule has 7 nitrogen and oxygen atoms in total. The molecule has 1 saturated carbocycles. The van der Waals surface area contributed by atoms with Gasteiger partial charge in [0.25, 0.3) is 5.91 Å². The summed E-state index contributed by atoms with van der Waals surface area (Å²) in [4.78, 5) is 28.2. The number of amides is 1. The second-order valence-corrected chi connectivity index (χ2v) is 9.00. The molecule has 0 radical (unpaired) electrons. The number of aromatic amines is 1. The van der Waals surface area contributed by atoms with Crippen LogP contribution in [0.1, 0.15) is 36.0 Å². The molecule has 4 heterocycles. The largest absolute Gasteiger partial charge is 0.380 e. The van der Waals surface area contributed by atoms with Gasteiger partial charge in [-0.1, -0.05) is 11.6 Å². The van der Waals surface area contributed by atoms with Crippen molar-refractivity contribution >= 4 is 45.7 Å². The number of nitrogens with zero attached hydrogens (tertiary/aromatic N) is 3. The maximum atomic E-state index is 14.6. The fourth-order valence-electron chi connectivity index (χ4n) is 4.10. The number of halogens is 2. The van der Waals surface area contributed by atoms with Gasteiger partial charge >= 0.3 is 0 Å². The molecule has 0 aromatic carbocycles. The number of carbonyl (C=O) groups excluding carboxylic acids is 1. The summed E-state index contributed by atoms with van der Waals surface area (Å²) < 4.78 is 14.6. The van der Waals surface area contributed by atoms with Gasteiger partial charge in [0.2, 0.25) is 0 Å². The lowest BCUT2D eigenvalue weighted by atomic mass is 9.90. The Kier molecular flexibility index (Phi) is 5.75. The molecule has 164 valence electrons. The Labute approximate surface area is 192 Å². The minimum atomic E-state index is -0.429. The summed E-state index contributed by atoms with van der Waals surface area (Å²) in [7, 11) is 0. The van der Waals surface area contributed by atoms with Crippen LogP contribution in [0.3, 0.4) is 0 Å². The van der Waals surface area contributed by atoms with Gasteiger partial charge in [0.15, 0.2) is 11.5 Å². The normalized spacial score (nSPS) is 18.6. The lowest BCUT2D eigenvalue weighted by molar-refractivity contribution is 0.0927. The number of thiophene rings is 1. The molecule has 0 aliphatic heterocycles. The number of anilines is 1. The average Bonchev–Trinajstić information content (AvgIpc) is 3.46. The van der Waals surface area contributed by atoms with Crippen molar-refractivity contribution in [1.29, 1.82) is 0 Å². The Morgan fingerprint density at radius 3 is 2.97 bits per heavy atom. The van der Waals surface area contributed by atoms with Gasteiger partial charge in [0.05, 0.1) is 23.8 Å². The van der Waals surface area contributed by atoms with Crippen LogP contribution in [0.15, 0.2) is 41.5 Å². The molecule has 2 atom stereocenters. The van der Waals surface area contributed by atoms with Crippen molar-refractivity contribution in [1.82, 2.24) is 25.3 Å². The van der Waals surface area contributed by atoms with E-state index in [0.29, 0.717) is 33.7 Å². The second kappa shape index (κ2) is 8.84. The van der Waals surface area contributed by atoms with E-state index in [1.54, 1.807) is 12.3 Å². The van der Waals surface area contributed by atoms with Crippen LogP contribution >= 0.6 is 22.9 Å². The molecule has 0 bridgehead atoms. The first-order valence-electron chi connectivity index (χ1n) is 10.3. The molecule has 32 heavy (non-hydrogen) atoms. The number of rotatable bonds is 5. The number of pyridine rings is 1. The van der Waals surface area contributed by atoms with Gasteiger partial charge in [-0.3, -0.25) is 9.78 Å². The third-order valence-electron chi connectivity index (χ3n) is 5.64. The van der Waals surface area contributed by atoms with Crippen molar-refractivity contribution in [2.24, 2.45) is 0 Å². The third kappa shape index (κ3) is 4.31. The lowest BCUT2D eigenvalue weighted by Gasteiger charge is -2.31. The maximum Gasteiger partial charge on any atom is 0.252 e. The Balaban J connectivity index is 1.33. The van der Waals surface area contributed by atoms with Crippen LogP contribution < -0.4 is 10.6 Å². The highest BCUT2D eigenvalue weighted by Gasteiger charge is 2.25. The number of carbonyl (C=O) groups is 1. The smallest absolute Gasteiger partial charge is 0.252 e. The number of nitrogens with one attached hydrogen (secondary N) is 3. The summed E-state index contributed by atoms with van der Waals surface area (Å²) >= 11 is 7.49. The predicted molar refractivity (Wildman–Crippen MR) is 124 cm³/mol. The quantitative estimate of drug-likeness (QED) is 0.380. The van der Waals surface area contributed by atoms with Gasteiger partial charge in [-0.15, -0.1) is 0 Å². The predicted octanol–water partition coefficient (Wildman–Crippen LogP) is 5.03. The van der Waals surface area contributed by atoms with Crippen molar-refractivity contribution < 1.29 is 9.18 Å². The highest BCUT2D eigenvalue weighted by Crippen LogP contribution is 2.30. The fourth-order valence-corrected chi connectivity index (χ4v) is 4.87. The van der Waals surface area contributed by atoms with Crippen LogP contribution in [0.5, 0.6) is 0 Å². The van der Waals surface area contributed by atoms with Gasteiger partial charge in [-0.05, 0) is 43.2 Å². The molecule has 1 aliphatic carbocycles. The Bertz CT molecular complexity index is 1260. The van der Waals surface area contributed by atoms with E-state index in [1.165, 1.54) is 23.7 Å². The van der Waals surface area contributed by atoms with Gasteiger partial charge in [-0.25, -0.2) is 14.4 Å². The van der Waals surface area contributed by atoms with Gasteiger partial charge in [0.1, 0.15) is 10.7 Å². The number of hydrogen-bond donors (Lipinski definition) is 3. The molecule has 1 aliphatic rings. The number of hydrogen-bond acceptors (Lipinski definition) is 6. The van der Waals surface area contributed by atoms with E-state index in [1.807, 2.05) is 16.8 Å². The van der Waals surface area contributed by atoms with Crippen LogP contribution in [-0.2, 0) is 0 Å². The Morgan fingerprint density at radius 2 is 2.12 bits per heavy atom. The maximum absolute atomic E-state index is 14.6. The van der Waals surface area contributed by atoms with E-state index in [-0.39, 0.29) is 23.1 Å². The summed E-state index contributed by atoms with van der Waals surface area (Å²) in [6.07, 6.45) is 7.88. The fraction of sp³-hybridized carbons (Fsp3) is 0.273. The van der Waals surface area contributed by atoms with Crippen molar-refractivity contribution in [3.8, 4) is 11.3 Å². The molecule has 4 aromatic heterocycles. The highest BCUT2D eigenvalue weighted by molar-refractivity contribution is 7.08. The summed E-state index contributed by atoms with van der Waals surface area (Å²) in [5.74, 6) is -0.490. The second-order valence-electron chi connectivity index (χ2n) is 7.83. The van der Waals surface area contributed by atoms with Gasteiger partial charge < -0.3 is 15.6 Å². The Hall–Kier alpha value is -3.04. The molecule has 5 rings (SSSR count). The number of aromatic nitrogens is 4. The highest BCUT2D eigenvalue weighted by atomic mass is 35.5. The van der Waals surface area contributed by atoms with E-state index >= 15 is 0 Å². The van der Waals surface area contributed by atoms with E-state index < -0.39 is 5.82 Å². The van der Waals surface area contributed by atoms with E-state index in [2.05, 4.69) is 30.6 Å². The standard InChI is InChI=1S/C22H20ClFN6OS/c23-19-10-27-21-20(30-19)15(8-26-21)17-7-18(16(24)9-25-17)28-13-2-1-3-14(6-13)29-22(31)12-4-5-32-11-12/h4-5,7-11,13-14H,1-3,6H2,(H,25,28)(H,26,27)(H,29,31). The molecule has 4 aromatic rings. The zero-order valence-electron chi connectivity index (χ0n) is 16.9. The third-order valence-corrected chi connectivity index (χ3v) is 6.50. The van der Waals surface area contributed by atoms with E-state index in [4.69, 9.17) is 11.6 Å². The molecule has 1 amide bonds. The van der Waals surface area contributed by atoms with Crippen molar-refractivity contribution in [2.45, 2.75) is 37.8 Å². The summed E-state index contributed by atoms with van der Waals surface area (Å²) in [6.45, 7) is 0. The van der Waals surface area contributed by atoms with Crippen LogP contribution in [-0.4, -0.2) is 37.9 Å². The molecule has 0 spiro atoms. The van der Waals surface area contributed by atoms with Gasteiger partial charge in [0, 0.05) is 34.8 Å². The number of fused-ring (bicyclic) bond motifs is 1. The van der Waals surface area contributed by atoms with Gasteiger partial charge in [-0.2, -0.15) is 11.3 Å². The first-order valence-corrected chi connectivity index (χ1v) is 11.6. The van der Waals surface area contributed by atoms with Crippen LogP contribution in [0.4, 0.5) is 10.1 Å². The topological polar surface area (TPSA) is 95.6 Å². The van der Waals surface area contributed by atoms with Crippen molar-refractivity contribution in [3.05, 3.63) is 58.0 Å². The molecular weight excluding hydrogens is 451 g/mol. The lowest BCUT2D eigenvalue weighted by Crippen LogP contribution is -2.41. The van der Waals surface area contributed by atoms with Crippen molar-refractivity contribution in [3.63, 3.8) is 0 Å². The zero-order valence-corrected chi connectivity index (χ0v) is 18.5. The Morgan fingerprint density at radius 1 is 1.25 bits per heavy atom. The molecule has 2 unspecified atom stereocenters. The minimum Gasteiger partial charge on any atom is -0.380 e. The van der Waals surface area contributed by atoms with Crippen LogP contribution in [0.2, 0.25) is 5.15 Å². The summed E-state index contributed by atoms with van der Waals surface area (Å²) in [5, 5.41) is 10.4. The van der Waals surface area contributed by atoms with Crippen LogP contribution in [0, 0.1) is 5.82 Å². The summed E-state index contributed by atoms with van der Waals surface area (Å²) in [5.41, 5.74) is 3.47. The average molecular weight is 471 g/mol. The first kappa shape index (κ1) is 20.8. The molecule has 10 heteroatoms. The van der Waals surface area contributed by atoms with E-state index in [9.17, 15) is 9.18 Å². The SMILES string of the molecule is O=C(NC1CCCC(Nc2cc(-c3c[nH]c4ncc(Cl)nc34)ncc2F)C1)c1ccsc1. The molecular formula is C22H20ClFN6OS. The first-order chi connectivity index (χ1) is 15.6. The molecule has 1 fully saturated rings. The summed E-state index contributed by atoms with van der Waals surface area (Å²) in [6, 6.07) is 3.57. The molecule has 0 saturated heterocycles. The monoisotopic (exact) mass is 470 g/mol. The molecule has 3 N–H and O–H groups in total. The van der Waals surface area contributed by atoms with Crippen molar-refractivity contribution in [2.75, 3.05) is 5.32 Å². The number of H-pyrrole nitrogens is 1.